The average Bonchev–Trinajstić information content (AvgIpc) is 2.85. The smallest absolute Gasteiger partial charge is 0.135 e. The number of nitrogens with one attached hydrogen (secondary N) is 1. The van der Waals surface area contributed by atoms with E-state index in [1.54, 1.807) is 0 Å². The third-order valence-corrected chi connectivity index (χ3v) is 3.22. The van der Waals surface area contributed by atoms with Gasteiger partial charge in [-0.05, 0) is 59.9 Å². The molecule has 1 fully saturated rings. The Hall–Kier alpha value is -1.39. The third kappa shape index (κ3) is 2.89. The molecule has 18 heavy (non-hydrogen) atoms. The number of fused-ring (bicyclic) bond motifs is 1. The molecule has 96 valence electrons. The maximum atomic E-state index is 4.68. The summed E-state index contributed by atoms with van der Waals surface area (Å²) in [5.74, 6) is 0.697. The highest BCUT2D eigenvalue weighted by Gasteiger charge is 2.09. The molecule has 3 rings (SSSR count). The van der Waals surface area contributed by atoms with Crippen LogP contribution in [0.2, 0.25) is 0 Å². The number of rotatable bonds is 2. The number of hydrogen-bond donors (Lipinski definition) is 1. The van der Waals surface area contributed by atoms with E-state index < -0.39 is 0 Å². The van der Waals surface area contributed by atoms with Crippen molar-refractivity contribution < 1.29 is 4.63 Å². The van der Waals surface area contributed by atoms with Crippen LogP contribution in [0.25, 0.3) is 17.1 Å². The fourth-order valence-corrected chi connectivity index (χ4v) is 2.19. The van der Waals surface area contributed by atoms with E-state index in [4.69, 9.17) is 0 Å². The minimum absolute atomic E-state index is 0. The Morgan fingerprint density at radius 3 is 2.78 bits per heavy atom. The topological polar surface area (TPSA) is 51.0 Å². The fraction of sp³-hybridized carbons (Fsp3) is 0.385. The van der Waals surface area contributed by atoms with Crippen LogP contribution in [-0.2, 0) is 0 Å². The van der Waals surface area contributed by atoms with Gasteiger partial charge in [0.2, 0.25) is 0 Å². The van der Waals surface area contributed by atoms with Crippen molar-refractivity contribution >= 4 is 29.5 Å². The highest BCUT2D eigenvalue weighted by Crippen LogP contribution is 2.17. The van der Waals surface area contributed by atoms with E-state index in [1.807, 2.05) is 18.2 Å². The lowest BCUT2D eigenvalue weighted by atomic mass is 9.97. The van der Waals surface area contributed by atoms with Crippen molar-refractivity contribution in [2.45, 2.75) is 12.8 Å². The first kappa shape index (κ1) is 13.1. The summed E-state index contributed by atoms with van der Waals surface area (Å²) in [4.78, 5) is 0. The van der Waals surface area contributed by atoms with Crippen LogP contribution in [0, 0.1) is 5.92 Å². The minimum Gasteiger partial charge on any atom is -0.317 e. The van der Waals surface area contributed by atoms with Crippen molar-refractivity contribution in [2.24, 2.45) is 5.92 Å². The lowest BCUT2D eigenvalue weighted by Crippen LogP contribution is -2.26. The van der Waals surface area contributed by atoms with E-state index in [9.17, 15) is 0 Å². The van der Waals surface area contributed by atoms with Crippen LogP contribution in [0.1, 0.15) is 18.4 Å². The monoisotopic (exact) mass is 265 g/mol. The number of nitrogens with zero attached hydrogens (tertiary/aromatic N) is 2. The number of allylic oxidation sites excluding steroid dienone is 1. The molecule has 1 aliphatic heterocycles. The van der Waals surface area contributed by atoms with E-state index in [2.05, 4.69) is 32.4 Å². The molecule has 1 aromatic heterocycles. The zero-order valence-corrected chi connectivity index (χ0v) is 10.8. The van der Waals surface area contributed by atoms with Crippen LogP contribution in [0.15, 0.2) is 28.9 Å². The van der Waals surface area contributed by atoms with Crippen molar-refractivity contribution in [3.63, 3.8) is 0 Å². The maximum absolute atomic E-state index is 4.68. The normalized spacial score (nSPS) is 17.1. The van der Waals surface area contributed by atoms with E-state index in [1.165, 1.54) is 12.8 Å². The second kappa shape index (κ2) is 5.98. The lowest BCUT2D eigenvalue weighted by molar-refractivity contribution is 0.315. The van der Waals surface area contributed by atoms with Gasteiger partial charge in [0.25, 0.3) is 0 Å². The first-order chi connectivity index (χ1) is 8.42. The van der Waals surface area contributed by atoms with Crippen LogP contribution >= 0.6 is 12.4 Å². The lowest BCUT2D eigenvalue weighted by Gasteiger charge is -2.19. The predicted octanol–water partition coefficient (Wildman–Crippen LogP) is 2.66. The van der Waals surface area contributed by atoms with Crippen LogP contribution in [-0.4, -0.2) is 23.4 Å². The molecule has 0 bridgehead atoms. The van der Waals surface area contributed by atoms with E-state index in [-0.39, 0.29) is 12.4 Å². The molecule has 0 amide bonds. The molecule has 0 unspecified atom stereocenters. The van der Waals surface area contributed by atoms with Gasteiger partial charge < -0.3 is 5.32 Å². The second-order valence-corrected chi connectivity index (χ2v) is 4.46. The summed E-state index contributed by atoms with van der Waals surface area (Å²) in [6.07, 6.45) is 6.92. The Bertz CT molecular complexity index is 532. The molecule has 0 radical (unpaired) electrons. The number of aromatic nitrogens is 2. The van der Waals surface area contributed by atoms with Crippen LogP contribution in [0.3, 0.4) is 0 Å². The zero-order chi connectivity index (χ0) is 11.5. The Morgan fingerprint density at radius 1 is 1.17 bits per heavy atom. The van der Waals surface area contributed by atoms with Crippen molar-refractivity contribution in [2.75, 3.05) is 13.1 Å². The molecule has 0 spiro atoms. The maximum Gasteiger partial charge on any atom is 0.135 e. The summed E-state index contributed by atoms with van der Waals surface area (Å²) < 4.78 is 4.68. The summed E-state index contributed by atoms with van der Waals surface area (Å²) in [6, 6.07) is 5.99. The minimum atomic E-state index is 0. The van der Waals surface area contributed by atoms with Gasteiger partial charge in [0.15, 0.2) is 0 Å². The first-order valence-electron chi connectivity index (χ1n) is 6.03. The predicted molar refractivity (Wildman–Crippen MR) is 73.7 cm³/mol. The molecular weight excluding hydrogens is 250 g/mol. The van der Waals surface area contributed by atoms with Gasteiger partial charge in [0.1, 0.15) is 11.0 Å². The second-order valence-electron chi connectivity index (χ2n) is 4.46. The molecular formula is C13H16ClN3O. The van der Waals surface area contributed by atoms with Crippen LogP contribution in [0.4, 0.5) is 0 Å². The molecule has 1 N–H and O–H groups in total. The number of hydrogen-bond acceptors (Lipinski definition) is 4. The van der Waals surface area contributed by atoms with Gasteiger partial charge in [0.05, 0.1) is 0 Å². The Morgan fingerprint density at radius 2 is 1.94 bits per heavy atom. The summed E-state index contributed by atoms with van der Waals surface area (Å²) >= 11 is 0. The first-order valence-corrected chi connectivity index (χ1v) is 6.03. The SMILES string of the molecule is C(=CC1CCNCC1)c1ccc2nonc2c1.Cl. The third-order valence-electron chi connectivity index (χ3n) is 3.22. The van der Waals surface area contributed by atoms with Crippen molar-refractivity contribution in [3.05, 3.63) is 29.8 Å². The van der Waals surface area contributed by atoms with Gasteiger partial charge in [-0.3, -0.25) is 0 Å². The average molecular weight is 266 g/mol. The Labute approximate surface area is 112 Å². The largest absolute Gasteiger partial charge is 0.317 e. The molecule has 1 aliphatic rings. The molecule has 1 aromatic carbocycles. The van der Waals surface area contributed by atoms with Crippen molar-refractivity contribution in [3.8, 4) is 0 Å². The molecule has 0 aliphatic carbocycles. The number of benzene rings is 1. The number of piperidine rings is 1. The molecule has 4 nitrogen and oxygen atoms in total. The molecule has 2 heterocycles. The quantitative estimate of drug-likeness (QED) is 0.907. The summed E-state index contributed by atoms with van der Waals surface area (Å²) in [5, 5.41) is 11.0. The van der Waals surface area contributed by atoms with Crippen LogP contribution < -0.4 is 5.32 Å². The van der Waals surface area contributed by atoms with Gasteiger partial charge >= 0.3 is 0 Å². The molecule has 0 saturated carbocycles. The summed E-state index contributed by atoms with van der Waals surface area (Å²) in [7, 11) is 0. The van der Waals surface area contributed by atoms with E-state index in [0.29, 0.717) is 5.92 Å². The van der Waals surface area contributed by atoms with Gasteiger partial charge in [0, 0.05) is 0 Å². The molecule has 1 saturated heterocycles. The van der Waals surface area contributed by atoms with Crippen molar-refractivity contribution in [1.82, 2.24) is 15.6 Å². The molecule has 5 heteroatoms. The molecule has 0 atom stereocenters. The van der Waals surface area contributed by atoms with E-state index >= 15 is 0 Å². The number of halogens is 1. The Balaban J connectivity index is 0.00000120. The van der Waals surface area contributed by atoms with E-state index in [0.717, 1.165) is 29.7 Å². The van der Waals surface area contributed by atoms with Gasteiger partial charge in [-0.25, -0.2) is 4.63 Å². The highest BCUT2D eigenvalue weighted by molar-refractivity contribution is 5.85. The van der Waals surface area contributed by atoms with Gasteiger partial charge in [-0.1, -0.05) is 18.2 Å². The summed E-state index contributed by atoms with van der Waals surface area (Å²) in [5.41, 5.74) is 2.79. The fourth-order valence-electron chi connectivity index (χ4n) is 2.19. The Kier molecular flexibility index (Phi) is 4.33. The van der Waals surface area contributed by atoms with Gasteiger partial charge in [-0.2, -0.15) is 0 Å². The van der Waals surface area contributed by atoms with Crippen LogP contribution in [0.5, 0.6) is 0 Å². The molecule has 2 aromatic rings. The zero-order valence-electron chi connectivity index (χ0n) is 10.0. The van der Waals surface area contributed by atoms with Crippen molar-refractivity contribution in [1.29, 1.82) is 0 Å². The standard InChI is InChI=1S/C13H15N3O.ClH/c1(10-5-7-14-8-6-10)2-11-3-4-12-13(9-11)16-17-15-12;/h1-4,9-10,14H,5-8H2;1H. The highest BCUT2D eigenvalue weighted by atomic mass is 35.5. The van der Waals surface area contributed by atoms with Gasteiger partial charge in [-0.15, -0.1) is 12.4 Å². The summed E-state index contributed by atoms with van der Waals surface area (Å²) in [6.45, 7) is 2.25.